The zero-order valence-corrected chi connectivity index (χ0v) is 9.97. The van der Waals surface area contributed by atoms with Gasteiger partial charge in [-0.1, -0.05) is 0 Å². The lowest BCUT2D eigenvalue weighted by atomic mass is 10.4. The van der Waals surface area contributed by atoms with Crippen molar-refractivity contribution in [2.75, 3.05) is 5.32 Å². The van der Waals surface area contributed by atoms with E-state index in [9.17, 15) is 4.79 Å². The number of aromatic carboxylic acids is 1. The molecule has 0 saturated carbocycles. The summed E-state index contributed by atoms with van der Waals surface area (Å²) in [5.41, 5.74) is 0.752. The molecule has 0 aromatic carbocycles. The molecule has 2 aromatic rings. The third-order valence-electron chi connectivity index (χ3n) is 2.38. The number of carboxylic acids is 1. The average molecular weight is 248 g/mol. The topological polar surface area (TPSA) is 101 Å². The molecular formula is C11H12N4O3. The average Bonchev–Trinajstić information content (AvgIpc) is 2.67. The SMILES string of the molecule is Cc1nc(CNc2ccc(C(=O)O)nn2)oc1C. The molecule has 2 N–H and O–H groups in total. The van der Waals surface area contributed by atoms with E-state index >= 15 is 0 Å². The van der Waals surface area contributed by atoms with Crippen LogP contribution in [0.15, 0.2) is 16.5 Å². The first kappa shape index (κ1) is 12.0. The smallest absolute Gasteiger partial charge is 0.356 e. The summed E-state index contributed by atoms with van der Waals surface area (Å²) in [6, 6.07) is 2.92. The van der Waals surface area contributed by atoms with Gasteiger partial charge in [-0.3, -0.25) is 0 Å². The number of carbonyl (C=O) groups is 1. The van der Waals surface area contributed by atoms with Gasteiger partial charge in [0.15, 0.2) is 5.69 Å². The molecule has 7 nitrogen and oxygen atoms in total. The highest BCUT2D eigenvalue weighted by molar-refractivity contribution is 5.85. The lowest BCUT2D eigenvalue weighted by Gasteiger charge is -2.01. The van der Waals surface area contributed by atoms with E-state index in [0.29, 0.717) is 18.3 Å². The first-order valence-corrected chi connectivity index (χ1v) is 5.30. The van der Waals surface area contributed by atoms with Crippen LogP contribution in [0.1, 0.15) is 27.8 Å². The quantitative estimate of drug-likeness (QED) is 0.842. The second-order valence-electron chi connectivity index (χ2n) is 3.71. The van der Waals surface area contributed by atoms with Crippen LogP contribution in [0.2, 0.25) is 0 Å². The maximum absolute atomic E-state index is 10.6. The normalized spacial score (nSPS) is 10.3. The number of hydrogen-bond donors (Lipinski definition) is 2. The lowest BCUT2D eigenvalue weighted by Crippen LogP contribution is -2.06. The van der Waals surface area contributed by atoms with Crippen LogP contribution in [-0.4, -0.2) is 26.3 Å². The molecule has 0 aliphatic heterocycles. The molecule has 0 aliphatic carbocycles. The van der Waals surface area contributed by atoms with Crippen LogP contribution in [0.5, 0.6) is 0 Å². The molecular weight excluding hydrogens is 236 g/mol. The summed E-state index contributed by atoms with van der Waals surface area (Å²) in [5.74, 6) is 0.690. The molecule has 2 rings (SSSR count). The number of oxazole rings is 1. The number of nitrogens with zero attached hydrogens (tertiary/aromatic N) is 3. The van der Waals surface area contributed by atoms with Crippen molar-refractivity contribution >= 4 is 11.8 Å². The fourth-order valence-electron chi connectivity index (χ4n) is 1.32. The summed E-state index contributed by atoms with van der Waals surface area (Å²) in [5, 5.41) is 18.9. The van der Waals surface area contributed by atoms with Gasteiger partial charge in [0.2, 0.25) is 5.89 Å². The molecule has 0 atom stereocenters. The van der Waals surface area contributed by atoms with Crippen LogP contribution >= 0.6 is 0 Å². The van der Waals surface area contributed by atoms with E-state index in [1.165, 1.54) is 6.07 Å². The highest BCUT2D eigenvalue weighted by Crippen LogP contribution is 2.10. The minimum Gasteiger partial charge on any atom is -0.476 e. The number of anilines is 1. The monoisotopic (exact) mass is 248 g/mol. The summed E-state index contributed by atoms with van der Waals surface area (Å²) in [7, 11) is 0. The lowest BCUT2D eigenvalue weighted by molar-refractivity contribution is 0.0689. The molecule has 0 fully saturated rings. The van der Waals surface area contributed by atoms with Gasteiger partial charge in [-0.05, 0) is 26.0 Å². The highest BCUT2D eigenvalue weighted by atomic mass is 16.4. The minimum atomic E-state index is -1.10. The third-order valence-corrected chi connectivity index (χ3v) is 2.38. The highest BCUT2D eigenvalue weighted by Gasteiger charge is 2.07. The van der Waals surface area contributed by atoms with E-state index in [0.717, 1.165) is 11.5 Å². The largest absolute Gasteiger partial charge is 0.476 e. The second-order valence-corrected chi connectivity index (χ2v) is 3.71. The predicted molar refractivity (Wildman–Crippen MR) is 62.3 cm³/mol. The molecule has 18 heavy (non-hydrogen) atoms. The van der Waals surface area contributed by atoms with E-state index in [-0.39, 0.29) is 5.69 Å². The van der Waals surface area contributed by atoms with Gasteiger partial charge in [0, 0.05) is 0 Å². The van der Waals surface area contributed by atoms with Crippen LogP contribution in [0.3, 0.4) is 0 Å². The summed E-state index contributed by atoms with van der Waals surface area (Å²) < 4.78 is 5.38. The number of aromatic nitrogens is 3. The van der Waals surface area contributed by atoms with Gasteiger partial charge in [-0.15, -0.1) is 10.2 Å². The number of rotatable bonds is 4. The first-order chi connectivity index (χ1) is 8.56. The van der Waals surface area contributed by atoms with Crippen molar-refractivity contribution in [3.63, 3.8) is 0 Å². The van der Waals surface area contributed by atoms with Crippen molar-refractivity contribution < 1.29 is 14.3 Å². The molecule has 2 aromatic heterocycles. The summed E-state index contributed by atoms with van der Waals surface area (Å²) in [6.07, 6.45) is 0. The number of hydrogen-bond acceptors (Lipinski definition) is 6. The summed E-state index contributed by atoms with van der Waals surface area (Å²) in [6.45, 7) is 4.08. The van der Waals surface area contributed by atoms with Crippen LogP contribution in [-0.2, 0) is 6.54 Å². The van der Waals surface area contributed by atoms with Crippen molar-refractivity contribution in [2.45, 2.75) is 20.4 Å². The van der Waals surface area contributed by atoms with Crippen molar-refractivity contribution in [1.82, 2.24) is 15.2 Å². The second kappa shape index (κ2) is 4.82. The third kappa shape index (κ3) is 2.62. The van der Waals surface area contributed by atoms with Crippen LogP contribution in [0, 0.1) is 13.8 Å². The van der Waals surface area contributed by atoms with E-state index in [4.69, 9.17) is 9.52 Å². The standard InChI is InChI=1S/C11H12N4O3/c1-6-7(2)18-10(13-6)5-12-9-4-3-8(11(16)17)14-15-9/h3-4H,5H2,1-2H3,(H,12,15)(H,16,17). The maximum atomic E-state index is 10.6. The predicted octanol–water partition coefficient (Wildman–Crippen LogP) is 1.39. The number of aryl methyl sites for hydroxylation is 2. The Morgan fingerprint density at radius 2 is 2.17 bits per heavy atom. The summed E-state index contributed by atoms with van der Waals surface area (Å²) in [4.78, 5) is 14.8. The summed E-state index contributed by atoms with van der Waals surface area (Å²) >= 11 is 0. The molecule has 0 aliphatic rings. The Morgan fingerprint density at radius 1 is 1.39 bits per heavy atom. The molecule has 0 spiro atoms. The van der Waals surface area contributed by atoms with Gasteiger partial charge in [0.1, 0.15) is 11.6 Å². The minimum absolute atomic E-state index is 0.0941. The zero-order valence-electron chi connectivity index (χ0n) is 9.97. The van der Waals surface area contributed by atoms with Gasteiger partial charge >= 0.3 is 5.97 Å². The van der Waals surface area contributed by atoms with E-state index in [1.807, 2.05) is 13.8 Å². The van der Waals surface area contributed by atoms with Crippen LogP contribution < -0.4 is 5.32 Å². The van der Waals surface area contributed by atoms with Gasteiger partial charge in [0.25, 0.3) is 0 Å². The Balaban J connectivity index is 2.00. The Bertz CT molecular complexity index is 543. The van der Waals surface area contributed by atoms with Crippen molar-refractivity contribution in [3.8, 4) is 0 Å². The molecule has 0 radical (unpaired) electrons. The fourth-order valence-corrected chi connectivity index (χ4v) is 1.32. The van der Waals surface area contributed by atoms with Crippen molar-refractivity contribution in [1.29, 1.82) is 0 Å². The van der Waals surface area contributed by atoms with Gasteiger partial charge in [-0.25, -0.2) is 9.78 Å². The van der Waals surface area contributed by atoms with Gasteiger partial charge in [-0.2, -0.15) is 0 Å². The molecule has 0 unspecified atom stereocenters. The van der Waals surface area contributed by atoms with Gasteiger partial charge < -0.3 is 14.8 Å². The molecule has 94 valence electrons. The Hall–Kier alpha value is -2.44. The zero-order chi connectivity index (χ0) is 13.1. The Kier molecular flexibility index (Phi) is 3.22. The first-order valence-electron chi connectivity index (χ1n) is 5.30. The Labute approximate surface area is 103 Å². The van der Waals surface area contributed by atoms with E-state index in [1.54, 1.807) is 6.07 Å². The molecule has 7 heteroatoms. The fraction of sp³-hybridized carbons (Fsp3) is 0.273. The molecule has 2 heterocycles. The van der Waals surface area contributed by atoms with E-state index in [2.05, 4.69) is 20.5 Å². The number of nitrogens with one attached hydrogen (secondary N) is 1. The van der Waals surface area contributed by atoms with Crippen molar-refractivity contribution in [3.05, 3.63) is 35.2 Å². The molecule has 0 amide bonds. The number of carboxylic acid groups (broad SMARTS) is 1. The Morgan fingerprint density at radius 3 is 2.67 bits per heavy atom. The van der Waals surface area contributed by atoms with Crippen LogP contribution in [0.4, 0.5) is 5.82 Å². The van der Waals surface area contributed by atoms with E-state index < -0.39 is 5.97 Å². The molecule has 0 bridgehead atoms. The maximum Gasteiger partial charge on any atom is 0.356 e. The van der Waals surface area contributed by atoms with Crippen LogP contribution in [0.25, 0.3) is 0 Å². The van der Waals surface area contributed by atoms with Gasteiger partial charge in [0.05, 0.1) is 12.2 Å². The molecule has 0 saturated heterocycles. The van der Waals surface area contributed by atoms with Crippen molar-refractivity contribution in [2.24, 2.45) is 0 Å².